The Morgan fingerprint density at radius 1 is 1.26 bits per heavy atom. The third-order valence-corrected chi connectivity index (χ3v) is 2.27. The summed E-state index contributed by atoms with van der Waals surface area (Å²) in [5, 5.41) is 9.73. The van der Waals surface area contributed by atoms with E-state index in [9.17, 15) is 9.90 Å². The second-order valence-corrected chi connectivity index (χ2v) is 5.31. The molecule has 0 heterocycles. The summed E-state index contributed by atoms with van der Waals surface area (Å²) in [7, 11) is 1.38. The van der Waals surface area contributed by atoms with Crippen LogP contribution >= 0.6 is 0 Å². The molecule has 0 aliphatic heterocycles. The molecule has 0 amide bonds. The van der Waals surface area contributed by atoms with Crippen LogP contribution < -0.4 is 5.73 Å². The lowest BCUT2D eigenvalue weighted by Crippen LogP contribution is -2.40. The molecule has 0 saturated heterocycles. The van der Waals surface area contributed by atoms with Crippen LogP contribution in [0.15, 0.2) is 0 Å². The minimum Gasteiger partial charge on any atom is -0.430 e. The number of methoxy groups -OCH3 is 1. The van der Waals surface area contributed by atoms with Gasteiger partial charge >= 0.3 is 5.97 Å². The van der Waals surface area contributed by atoms with Crippen molar-refractivity contribution in [2.75, 3.05) is 13.7 Å². The monoisotopic (exact) mass is 277 g/mol. The number of ether oxygens (including phenoxy) is 3. The van der Waals surface area contributed by atoms with Crippen LogP contribution in [0.2, 0.25) is 0 Å². The van der Waals surface area contributed by atoms with E-state index in [2.05, 4.69) is 0 Å². The number of carbonyl (C=O) groups excluding carboxylic acids is 1. The van der Waals surface area contributed by atoms with Crippen LogP contribution in [0.3, 0.4) is 0 Å². The Labute approximate surface area is 115 Å². The van der Waals surface area contributed by atoms with Crippen molar-refractivity contribution in [3.8, 4) is 0 Å². The summed E-state index contributed by atoms with van der Waals surface area (Å²) < 4.78 is 15.3. The molecule has 0 aromatic rings. The van der Waals surface area contributed by atoms with Gasteiger partial charge in [0.1, 0.15) is 0 Å². The van der Waals surface area contributed by atoms with E-state index in [1.165, 1.54) is 7.11 Å². The molecule has 0 spiro atoms. The molecule has 0 bridgehead atoms. The topological polar surface area (TPSA) is 91.0 Å². The smallest absolute Gasteiger partial charge is 0.308 e. The molecule has 0 fully saturated rings. The minimum atomic E-state index is -1.42. The molecule has 0 saturated carbocycles. The summed E-state index contributed by atoms with van der Waals surface area (Å²) >= 11 is 0. The van der Waals surface area contributed by atoms with Gasteiger partial charge in [0.05, 0.1) is 5.60 Å². The Morgan fingerprint density at radius 2 is 1.89 bits per heavy atom. The van der Waals surface area contributed by atoms with E-state index in [0.29, 0.717) is 13.0 Å². The molecule has 0 aromatic carbocycles. The Hall–Kier alpha value is -0.690. The van der Waals surface area contributed by atoms with Gasteiger partial charge in [0.2, 0.25) is 6.29 Å². The Morgan fingerprint density at radius 3 is 2.37 bits per heavy atom. The van der Waals surface area contributed by atoms with Gasteiger partial charge in [-0.25, -0.2) is 0 Å². The van der Waals surface area contributed by atoms with Crippen molar-refractivity contribution in [3.05, 3.63) is 0 Å². The van der Waals surface area contributed by atoms with Crippen LogP contribution in [0, 0.1) is 0 Å². The Kier molecular flexibility index (Phi) is 8.92. The first-order valence-corrected chi connectivity index (χ1v) is 6.58. The predicted molar refractivity (Wildman–Crippen MR) is 71.3 cm³/mol. The molecule has 1 unspecified atom stereocenters. The zero-order valence-electron chi connectivity index (χ0n) is 12.3. The number of aliphatic hydroxyl groups is 1. The lowest BCUT2D eigenvalue weighted by molar-refractivity contribution is -0.280. The quantitative estimate of drug-likeness (QED) is 0.373. The average Bonchev–Trinajstić information content (AvgIpc) is 2.30. The highest BCUT2D eigenvalue weighted by atomic mass is 16.7. The van der Waals surface area contributed by atoms with Crippen molar-refractivity contribution in [1.29, 1.82) is 0 Å². The summed E-state index contributed by atoms with van der Waals surface area (Å²) in [6.07, 6.45) is 0.278. The molecule has 0 rings (SSSR count). The predicted octanol–water partition coefficient (Wildman–Crippen LogP) is 1.15. The maximum absolute atomic E-state index is 11.5. The fraction of sp³-hybridized carbons (Fsp3) is 0.923. The molecule has 114 valence electrons. The van der Waals surface area contributed by atoms with Crippen molar-refractivity contribution in [3.63, 3.8) is 0 Å². The largest absolute Gasteiger partial charge is 0.430 e. The summed E-state index contributed by atoms with van der Waals surface area (Å²) in [6.45, 7) is 6.07. The fourth-order valence-electron chi connectivity index (χ4n) is 1.41. The van der Waals surface area contributed by atoms with E-state index >= 15 is 0 Å². The SMILES string of the molecule is COC(OC(C)(C)C)[C@@H](O)OC(=O)CCCCCN. The van der Waals surface area contributed by atoms with Crippen LogP contribution in [0.25, 0.3) is 0 Å². The van der Waals surface area contributed by atoms with Crippen molar-refractivity contribution in [1.82, 2.24) is 0 Å². The number of rotatable bonds is 9. The van der Waals surface area contributed by atoms with E-state index in [-0.39, 0.29) is 6.42 Å². The molecule has 0 aromatic heterocycles. The molecule has 6 heteroatoms. The van der Waals surface area contributed by atoms with Crippen LogP contribution in [0.4, 0.5) is 0 Å². The number of carbonyl (C=O) groups is 1. The van der Waals surface area contributed by atoms with Crippen molar-refractivity contribution in [2.24, 2.45) is 5.73 Å². The molecule has 2 atom stereocenters. The molecule has 3 N–H and O–H groups in total. The molecular weight excluding hydrogens is 250 g/mol. The number of esters is 1. The molecular formula is C13H27NO5. The summed E-state index contributed by atoms with van der Waals surface area (Å²) in [5.74, 6) is -0.468. The van der Waals surface area contributed by atoms with Gasteiger partial charge in [-0.15, -0.1) is 0 Å². The van der Waals surface area contributed by atoms with Gasteiger partial charge < -0.3 is 25.1 Å². The van der Waals surface area contributed by atoms with Crippen molar-refractivity contribution >= 4 is 5.97 Å². The van der Waals surface area contributed by atoms with Crippen LogP contribution in [-0.2, 0) is 19.0 Å². The number of hydrogen-bond donors (Lipinski definition) is 2. The van der Waals surface area contributed by atoms with Gasteiger partial charge in [-0.1, -0.05) is 6.42 Å². The molecule has 0 aliphatic rings. The van der Waals surface area contributed by atoms with Crippen LogP contribution in [0.1, 0.15) is 46.5 Å². The average molecular weight is 277 g/mol. The normalized spacial score (nSPS) is 15.1. The van der Waals surface area contributed by atoms with Gasteiger partial charge in [0.25, 0.3) is 6.29 Å². The molecule has 19 heavy (non-hydrogen) atoms. The second-order valence-electron chi connectivity index (χ2n) is 5.31. The Bertz CT molecular complexity index is 252. The highest BCUT2D eigenvalue weighted by Crippen LogP contribution is 2.15. The van der Waals surface area contributed by atoms with Crippen molar-refractivity contribution in [2.45, 2.75) is 64.6 Å². The first-order valence-electron chi connectivity index (χ1n) is 6.58. The Balaban J connectivity index is 4.04. The zero-order valence-corrected chi connectivity index (χ0v) is 12.3. The first-order chi connectivity index (χ1) is 8.80. The van der Waals surface area contributed by atoms with Crippen molar-refractivity contribution < 1.29 is 24.1 Å². The highest BCUT2D eigenvalue weighted by Gasteiger charge is 2.28. The number of hydrogen-bond acceptors (Lipinski definition) is 6. The van der Waals surface area contributed by atoms with Gasteiger partial charge in [-0.3, -0.25) is 4.79 Å². The summed E-state index contributed by atoms with van der Waals surface area (Å²) in [6, 6.07) is 0. The fourth-order valence-corrected chi connectivity index (χ4v) is 1.41. The van der Waals surface area contributed by atoms with Crippen LogP contribution in [-0.4, -0.2) is 42.9 Å². The second kappa shape index (κ2) is 9.25. The van der Waals surface area contributed by atoms with Gasteiger partial charge in [-0.2, -0.15) is 0 Å². The lowest BCUT2D eigenvalue weighted by Gasteiger charge is -2.29. The summed E-state index contributed by atoms with van der Waals surface area (Å²) in [4.78, 5) is 11.5. The number of aliphatic hydroxyl groups excluding tert-OH is 1. The van der Waals surface area contributed by atoms with E-state index < -0.39 is 24.2 Å². The zero-order chi connectivity index (χ0) is 14.9. The van der Waals surface area contributed by atoms with Gasteiger partial charge in [0, 0.05) is 13.5 Å². The molecule has 0 aliphatic carbocycles. The van der Waals surface area contributed by atoms with E-state index in [1.54, 1.807) is 0 Å². The minimum absolute atomic E-state index is 0.253. The third-order valence-electron chi connectivity index (χ3n) is 2.27. The highest BCUT2D eigenvalue weighted by molar-refractivity contribution is 5.69. The van der Waals surface area contributed by atoms with Gasteiger partial charge in [0.15, 0.2) is 0 Å². The summed E-state index contributed by atoms with van der Waals surface area (Å²) in [5.41, 5.74) is 4.85. The van der Waals surface area contributed by atoms with E-state index in [0.717, 1.165) is 12.8 Å². The number of nitrogens with two attached hydrogens (primary N) is 1. The van der Waals surface area contributed by atoms with Gasteiger partial charge in [-0.05, 0) is 40.2 Å². The molecule has 0 radical (unpaired) electrons. The number of unbranched alkanes of at least 4 members (excludes halogenated alkanes) is 2. The maximum atomic E-state index is 11.5. The maximum Gasteiger partial charge on any atom is 0.308 e. The first kappa shape index (κ1) is 18.3. The van der Waals surface area contributed by atoms with E-state index in [4.69, 9.17) is 19.9 Å². The van der Waals surface area contributed by atoms with Crippen LogP contribution in [0.5, 0.6) is 0 Å². The third kappa shape index (κ3) is 9.84. The van der Waals surface area contributed by atoms with E-state index in [1.807, 2.05) is 20.8 Å². The lowest BCUT2D eigenvalue weighted by atomic mass is 10.2. The standard InChI is InChI=1S/C13H27NO5/c1-13(2,3)19-12(17-4)11(16)18-10(15)8-6-5-7-9-14/h11-12,16H,5-9,14H2,1-4H3/t11-,12?/m0/s1. The molecule has 6 nitrogen and oxygen atoms in total.